The summed E-state index contributed by atoms with van der Waals surface area (Å²) in [6.07, 6.45) is 0. The molecule has 0 amide bonds. The number of hydrogen-bond acceptors (Lipinski definition) is 3. The number of aromatic hydroxyl groups is 1. The zero-order valence-corrected chi connectivity index (χ0v) is 7.61. The molecular weight excluding hydrogens is 259 g/mol. The van der Waals surface area contributed by atoms with Crippen molar-refractivity contribution in [3.8, 4) is 5.75 Å². The van der Waals surface area contributed by atoms with Crippen molar-refractivity contribution < 1.29 is 13.0 Å². The zero-order valence-electron chi connectivity index (χ0n) is 5.45. The smallest absolute Gasteiger partial charge is 0.347 e. The SMILES string of the molecule is O=C(OI)c1cccc(O)c1. The molecule has 0 aromatic heterocycles. The molecule has 11 heavy (non-hydrogen) atoms. The Hall–Kier alpha value is -0.780. The van der Waals surface area contributed by atoms with Crippen molar-refractivity contribution in [2.24, 2.45) is 0 Å². The number of rotatable bonds is 1. The molecule has 0 saturated carbocycles. The molecule has 1 rings (SSSR count). The third-order valence-corrected chi connectivity index (χ3v) is 1.55. The lowest BCUT2D eigenvalue weighted by atomic mass is 10.2. The number of carbonyl (C=O) groups excluding carboxylic acids is 1. The quantitative estimate of drug-likeness (QED) is 0.788. The van der Waals surface area contributed by atoms with E-state index in [0.29, 0.717) is 5.56 Å². The van der Waals surface area contributed by atoms with E-state index in [0.717, 1.165) is 0 Å². The van der Waals surface area contributed by atoms with Gasteiger partial charge in [0.15, 0.2) is 23.0 Å². The summed E-state index contributed by atoms with van der Waals surface area (Å²) in [5, 5.41) is 8.95. The number of halogens is 1. The molecular formula is C7H5IO3. The van der Waals surface area contributed by atoms with E-state index in [2.05, 4.69) is 3.07 Å². The molecule has 0 spiro atoms. The summed E-state index contributed by atoms with van der Waals surface area (Å²) in [4.78, 5) is 10.8. The molecule has 1 aromatic carbocycles. The van der Waals surface area contributed by atoms with Crippen molar-refractivity contribution in [1.82, 2.24) is 0 Å². The second-order valence-electron chi connectivity index (χ2n) is 1.91. The standard InChI is InChI=1S/C7H5IO3/c8-11-7(10)5-2-1-3-6(9)4-5/h1-4,9H. The molecule has 0 unspecified atom stereocenters. The van der Waals surface area contributed by atoms with Crippen LogP contribution in [0.2, 0.25) is 0 Å². The fraction of sp³-hybridized carbons (Fsp3) is 0. The van der Waals surface area contributed by atoms with Crippen LogP contribution in [0.3, 0.4) is 0 Å². The number of phenolic OH excluding ortho intramolecular Hbond substituents is 1. The molecule has 0 aliphatic carbocycles. The largest absolute Gasteiger partial charge is 0.508 e. The maximum absolute atomic E-state index is 10.8. The van der Waals surface area contributed by atoms with E-state index < -0.39 is 5.97 Å². The van der Waals surface area contributed by atoms with Gasteiger partial charge in [0.05, 0.1) is 5.56 Å². The van der Waals surface area contributed by atoms with Gasteiger partial charge in [-0.05, 0) is 18.2 Å². The van der Waals surface area contributed by atoms with Crippen molar-refractivity contribution in [1.29, 1.82) is 0 Å². The van der Waals surface area contributed by atoms with Crippen LogP contribution in [0, 0.1) is 0 Å². The fourth-order valence-electron chi connectivity index (χ4n) is 0.677. The Morgan fingerprint density at radius 2 is 2.27 bits per heavy atom. The molecule has 0 aliphatic rings. The molecule has 3 nitrogen and oxygen atoms in total. The molecule has 0 saturated heterocycles. The van der Waals surface area contributed by atoms with Crippen molar-refractivity contribution in [3.05, 3.63) is 29.8 Å². The van der Waals surface area contributed by atoms with E-state index in [9.17, 15) is 4.79 Å². The molecule has 0 heterocycles. The average Bonchev–Trinajstić information content (AvgIpc) is 2.03. The summed E-state index contributed by atoms with van der Waals surface area (Å²) in [6.45, 7) is 0. The highest BCUT2D eigenvalue weighted by Gasteiger charge is 2.04. The average molecular weight is 264 g/mol. The predicted octanol–water partition coefficient (Wildman–Crippen LogP) is 1.90. The highest BCUT2D eigenvalue weighted by atomic mass is 127. The Balaban J connectivity index is 2.96. The van der Waals surface area contributed by atoms with Crippen LogP contribution >= 0.6 is 23.0 Å². The molecule has 58 valence electrons. The summed E-state index contributed by atoms with van der Waals surface area (Å²) in [7, 11) is 0. The number of hydrogen-bond donors (Lipinski definition) is 1. The van der Waals surface area contributed by atoms with Gasteiger partial charge in [0, 0.05) is 0 Å². The van der Waals surface area contributed by atoms with Gasteiger partial charge in [-0.25, -0.2) is 4.79 Å². The molecule has 0 fully saturated rings. The van der Waals surface area contributed by atoms with Crippen molar-refractivity contribution in [3.63, 3.8) is 0 Å². The molecule has 1 aromatic rings. The summed E-state index contributed by atoms with van der Waals surface area (Å²) >= 11 is 1.50. The van der Waals surface area contributed by atoms with Crippen LogP contribution in [0.15, 0.2) is 24.3 Å². The third-order valence-electron chi connectivity index (χ3n) is 1.15. The van der Waals surface area contributed by atoms with Gasteiger partial charge in [-0.15, -0.1) is 0 Å². The van der Waals surface area contributed by atoms with E-state index in [1.807, 2.05) is 0 Å². The van der Waals surface area contributed by atoms with Crippen LogP contribution in [-0.2, 0) is 3.07 Å². The second kappa shape index (κ2) is 3.56. The molecule has 0 bridgehead atoms. The van der Waals surface area contributed by atoms with E-state index in [1.54, 1.807) is 12.1 Å². The van der Waals surface area contributed by atoms with Gasteiger partial charge in [-0.1, -0.05) is 6.07 Å². The van der Waals surface area contributed by atoms with Gasteiger partial charge in [0.2, 0.25) is 0 Å². The van der Waals surface area contributed by atoms with E-state index in [1.165, 1.54) is 35.1 Å². The van der Waals surface area contributed by atoms with Crippen LogP contribution < -0.4 is 0 Å². The minimum atomic E-state index is -0.457. The lowest BCUT2D eigenvalue weighted by molar-refractivity contribution is 0.0800. The Morgan fingerprint density at radius 1 is 1.55 bits per heavy atom. The Morgan fingerprint density at radius 3 is 2.82 bits per heavy atom. The van der Waals surface area contributed by atoms with Gasteiger partial charge in [-0.3, -0.25) is 0 Å². The fourth-order valence-corrected chi connectivity index (χ4v) is 0.932. The van der Waals surface area contributed by atoms with Crippen LogP contribution in [0.1, 0.15) is 10.4 Å². The van der Waals surface area contributed by atoms with Gasteiger partial charge in [0.25, 0.3) is 0 Å². The molecule has 0 atom stereocenters. The monoisotopic (exact) mass is 264 g/mol. The lowest BCUT2D eigenvalue weighted by Crippen LogP contribution is -1.96. The van der Waals surface area contributed by atoms with Gasteiger partial charge in [0.1, 0.15) is 5.75 Å². The van der Waals surface area contributed by atoms with Crippen LogP contribution in [0.5, 0.6) is 5.75 Å². The first-order valence-corrected chi connectivity index (χ1v) is 3.74. The van der Waals surface area contributed by atoms with Crippen molar-refractivity contribution in [2.45, 2.75) is 0 Å². The van der Waals surface area contributed by atoms with Crippen molar-refractivity contribution >= 4 is 29.0 Å². The first-order chi connectivity index (χ1) is 5.24. The molecule has 0 aliphatic heterocycles. The molecule has 0 radical (unpaired) electrons. The van der Waals surface area contributed by atoms with Gasteiger partial charge in [-0.2, -0.15) is 0 Å². The minimum Gasteiger partial charge on any atom is -0.508 e. The minimum absolute atomic E-state index is 0.0595. The zero-order chi connectivity index (χ0) is 8.27. The maximum Gasteiger partial charge on any atom is 0.347 e. The number of carbonyl (C=O) groups is 1. The predicted molar refractivity (Wildman–Crippen MR) is 47.5 cm³/mol. The normalized spacial score (nSPS) is 9.18. The topological polar surface area (TPSA) is 46.5 Å². The summed E-state index contributed by atoms with van der Waals surface area (Å²) < 4.78 is 4.41. The first kappa shape index (κ1) is 8.32. The number of phenols is 1. The van der Waals surface area contributed by atoms with Crippen LogP contribution in [0.25, 0.3) is 0 Å². The lowest BCUT2D eigenvalue weighted by Gasteiger charge is -1.96. The number of benzene rings is 1. The highest BCUT2D eigenvalue weighted by molar-refractivity contribution is 14.1. The third kappa shape index (κ3) is 2.07. The first-order valence-electron chi connectivity index (χ1n) is 2.86. The van der Waals surface area contributed by atoms with Gasteiger partial charge < -0.3 is 8.17 Å². The van der Waals surface area contributed by atoms with Crippen LogP contribution in [0.4, 0.5) is 0 Å². The Bertz CT molecular complexity index is 272. The van der Waals surface area contributed by atoms with E-state index in [4.69, 9.17) is 5.11 Å². The van der Waals surface area contributed by atoms with Gasteiger partial charge >= 0.3 is 5.97 Å². The Kier molecular flexibility index (Phi) is 2.70. The van der Waals surface area contributed by atoms with E-state index in [-0.39, 0.29) is 5.75 Å². The van der Waals surface area contributed by atoms with E-state index >= 15 is 0 Å². The van der Waals surface area contributed by atoms with Crippen molar-refractivity contribution in [2.75, 3.05) is 0 Å². The molecule has 1 N–H and O–H groups in total. The Labute approximate surface area is 77.7 Å². The maximum atomic E-state index is 10.8. The summed E-state index contributed by atoms with van der Waals surface area (Å²) in [5.41, 5.74) is 0.347. The summed E-state index contributed by atoms with van der Waals surface area (Å²) in [5.74, 6) is -0.397. The summed E-state index contributed by atoms with van der Waals surface area (Å²) in [6, 6.07) is 5.99. The highest BCUT2D eigenvalue weighted by Crippen LogP contribution is 2.12. The second-order valence-corrected chi connectivity index (χ2v) is 2.36. The van der Waals surface area contributed by atoms with Crippen LogP contribution in [-0.4, -0.2) is 11.1 Å². The molecule has 4 heteroatoms.